The molecular weight excluding hydrogens is 420 g/mol. The highest BCUT2D eigenvalue weighted by molar-refractivity contribution is 7.85. The summed E-state index contributed by atoms with van der Waals surface area (Å²) in [5, 5.41) is 19.2. The Morgan fingerprint density at radius 1 is 1.13 bits per heavy atom. The van der Waals surface area contributed by atoms with E-state index >= 15 is 0 Å². The number of nitrogens with zero attached hydrogens (tertiary/aromatic N) is 2. The van der Waals surface area contributed by atoms with Crippen molar-refractivity contribution < 1.29 is 32.6 Å². The van der Waals surface area contributed by atoms with E-state index in [0.717, 1.165) is 32.1 Å². The SMILES string of the molecule is CC/C=C/CCCCCCCCCC(=O)C1=[N+](CC(O)CS(=O)(=O)O)CCN1CCO. The van der Waals surface area contributed by atoms with Crippen LogP contribution in [0, 0.1) is 0 Å². The molecule has 180 valence electrons. The van der Waals surface area contributed by atoms with E-state index in [0.29, 0.717) is 31.9 Å². The Morgan fingerprint density at radius 2 is 1.77 bits per heavy atom. The minimum atomic E-state index is -4.29. The topological polar surface area (TPSA) is 118 Å². The second-order valence-electron chi connectivity index (χ2n) is 8.20. The van der Waals surface area contributed by atoms with E-state index in [4.69, 9.17) is 4.55 Å². The molecule has 1 unspecified atom stereocenters. The molecule has 0 bridgehead atoms. The molecule has 0 radical (unpaired) electrons. The molecule has 0 aromatic heterocycles. The van der Waals surface area contributed by atoms with Gasteiger partial charge in [0.2, 0.25) is 5.78 Å². The van der Waals surface area contributed by atoms with Gasteiger partial charge >= 0.3 is 5.84 Å². The van der Waals surface area contributed by atoms with E-state index in [1.165, 1.54) is 25.7 Å². The fourth-order valence-corrected chi connectivity index (χ4v) is 4.49. The predicted molar refractivity (Wildman–Crippen MR) is 122 cm³/mol. The highest BCUT2D eigenvalue weighted by Crippen LogP contribution is 2.12. The van der Waals surface area contributed by atoms with Crippen LogP contribution in [0.5, 0.6) is 0 Å². The first-order chi connectivity index (χ1) is 14.8. The lowest BCUT2D eigenvalue weighted by Gasteiger charge is -2.13. The number of aliphatic hydroxyl groups excluding tert-OH is 2. The summed E-state index contributed by atoms with van der Waals surface area (Å²) in [5.74, 6) is -0.379. The average Bonchev–Trinajstić information content (AvgIpc) is 3.06. The van der Waals surface area contributed by atoms with Gasteiger partial charge in [0.15, 0.2) is 0 Å². The summed E-state index contributed by atoms with van der Waals surface area (Å²) in [4.78, 5) is 14.6. The van der Waals surface area contributed by atoms with Crippen LogP contribution < -0.4 is 0 Å². The van der Waals surface area contributed by atoms with Gasteiger partial charge in [-0.25, -0.2) is 0 Å². The van der Waals surface area contributed by atoms with Gasteiger partial charge < -0.3 is 10.2 Å². The van der Waals surface area contributed by atoms with E-state index < -0.39 is 22.0 Å². The fraction of sp³-hybridized carbons (Fsp3) is 0.818. The molecular formula is C22H41N2O6S+. The summed E-state index contributed by atoms with van der Waals surface area (Å²) in [6, 6.07) is 0. The maximum atomic E-state index is 12.8. The van der Waals surface area contributed by atoms with Gasteiger partial charge in [0.05, 0.1) is 6.61 Å². The maximum absolute atomic E-state index is 12.8. The summed E-state index contributed by atoms with van der Waals surface area (Å²) in [6.07, 6.45) is 13.5. The highest BCUT2D eigenvalue weighted by Gasteiger charge is 2.36. The van der Waals surface area contributed by atoms with Crippen molar-refractivity contribution >= 4 is 21.7 Å². The van der Waals surface area contributed by atoms with Crippen LogP contribution in [0.2, 0.25) is 0 Å². The number of Topliss-reactive ketones (excluding diaryl/α,β-unsaturated/α-hetero) is 1. The molecule has 8 nitrogen and oxygen atoms in total. The van der Waals surface area contributed by atoms with Gasteiger partial charge in [0.25, 0.3) is 10.1 Å². The Labute approximate surface area is 187 Å². The predicted octanol–water partition coefficient (Wildman–Crippen LogP) is 2.00. The molecule has 1 aliphatic heterocycles. The van der Waals surface area contributed by atoms with Crippen LogP contribution in [0.4, 0.5) is 0 Å². The monoisotopic (exact) mass is 461 g/mol. The van der Waals surface area contributed by atoms with Crippen LogP contribution >= 0.6 is 0 Å². The lowest BCUT2D eigenvalue weighted by atomic mass is 10.1. The molecule has 0 amide bonds. The third-order valence-corrected chi connectivity index (χ3v) is 6.18. The first kappa shape index (κ1) is 27.7. The van der Waals surface area contributed by atoms with Gasteiger partial charge in [-0.15, -0.1) is 0 Å². The molecule has 1 heterocycles. The number of amidine groups is 1. The lowest BCUT2D eigenvalue weighted by Crippen LogP contribution is -2.40. The second-order valence-corrected chi connectivity index (χ2v) is 9.70. The van der Waals surface area contributed by atoms with Crippen LogP contribution in [-0.4, -0.2) is 88.9 Å². The molecule has 1 rings (SSSR count). The van der Waals surface area contributed by atoms with Crippen LogP contribution in [-0.2, 0) is 14.9 Å². The van der Waals surface area contributed by atoms with Crippen molar-refractivity contribution in [3.63, 3.8) is 0 Å². The van der Waals surface area contributed by atoms with Crippen LogP contribution in [0.25, 0.3) is 0 Å². The number of carbonyl (C=O) groups is 1. The standard InChI is InChI=1S/C22H40N2O6S/c1-2-3-4-5-6-7-8-9-10-11-12-13-21(27)22-23(16-17-25)14-15-24(22)18-20(26)19-31(28,29)30/h3-4,20,25-26H,2,5-19H2,1H3/p+1/b4-3+. The highest BCUT2D eigenvalue weighted by atomic mass is 32.2. The molecule has 0 fully saturated rings. The van der Waals surface area contributed by atoms with Crippen molar-refractivity contribution in [1.82, 2.24) is 4.90 Å². The van der Waals surface area contributed by atoms with E-state index in [-0.39, 0.29) is 18.9 Å². The van der Waals surface area contributed by atoms with Gasteiger partial charge in [0.1, 0.15) is 38.0 Å². The molecule has 0 aromatic rings. The minimum Gasteiger partial charge on any atom is -0.392 e. The second kappa shape index (κ2) is 15.5. The number of unbranched alkanes of at least 4 members (excludes halogenated alkanes) is 7. The fourth-order valence-electron chi connectivity index (χ4n) is 3.90. The number of carbonyl (C=O) groups excluding carboxylic acids is 1. The van der Waals surface area contributed by atoms with Crippen LogP contribution in [0.1, 0.15) is 71.1 Å². The number of aliphatic hydroxyl groups is 2. The molecule has 3 N–H and O–H groups in total. The molecule has 0 saturated carbocycles. The first-order valence-electron chi connectivity index (χ1n) is 11.6. The van der Waals surface area contributed by atoms with Crippen molar-refractivity contribution in [2.24, 2.45) is 0 Å². The Morgan fingerprint density at radius 3 is 2.39 bits per heavy atom. The maximum Gasteiger partial charge on any atom is 0.316 e. The van der Waals surface area contributed by atoms with Gasteiger partial charge in [0, 0.05) is 6.42 Å². The van der Waals surface area contributed by atoms with Crippen molar-refractivity contribution in [2.75, 3.05) is 38.5 Å². The zero-order chi connectivity index (χ0) is 23.1. The van der Waals surface area contributed by atoms with Crippen molar-refractivity contribution in [2.45, 2.75) is 77.2 Å². The van der Waals surface area contributed by atoms with E-state index in [2.05, 4.69) is 19.1 Å². The Hall–Kier alpha value is -1.29. The van der Waals surface area contributed by atoms with E-state index in [1.54, 1.807) is 9.48 Å². The molecule has 9 heteroatoms. The Bertz CT molecular complexity index is 690. The molecule has 1 atom stereocenters. The zero-order valence-corrected chi connectivity index (χ0v) is 19.7. The third kappa shape index (κ3) is 12.4. The molecule has 0 aromatic carbocycles. The quantitative estimate of drug-likeness (QED) is 0.124. The summed E-state index contributed by atoms with van der Waals surface area (Å²) in [7, 11) is -4.29. The van der Waals surface area contributed by atoms with Crippen molar-refractivity contribution in [3.8, 4) is 0 Å². The zero-order valence-electron chi connectivity index (χ0n) is 18.9. The number of hydrogen-bond acceptors (Lipinski definition) is 6. The van der Waals surface area contributed by atoms with E-state index in [9.17, 15) is 23.4 Å². The third-order valence-electron chi connectivity index (χ3n) is 5.37. The molecule has 31 heavy (non-hydrogen) atoms. The molecule has 0 spiro atoms. The van der Waals surface area contributed by atoms with Gasteiger partial charge in [-0.2, -0.15) is 8.42 Å². The summed E-state index contributed by atoms with van der Waals surface area (Å²) >= 11 is 0. The van der Waals surface area contributed by atoms with E-state index in [1.807, 2.05) is 0 Å². The summed E-state index contributed by atoms with van der Waals surface area (Å²) in [6.45, 7) is 3.33. The summed E-state index contributed by atoms with van der Waals surface area (Å²) in [5.41, 5.74) is 0. The number of ketones is 1. The summed E-state index contributed by atoms with van der Waals surface area (Å²) < 4.78 is 32.5. The van der Waals surface area contributed by atoms with Crippen molar-refractivity contribution in [3.05, 3.63) is 12.2 Å². The average molecular weight is 462 g/mol. The number of β-amino-alcohol motifs (C(OH)–C–C–N with tert-alkyl or cyclic N) is 2. The van der Waals surface area contributed by atoms with Crippen molar-refractivity contribution in [1.29, 1.82) is 0 Å². The normalized spacial score (nSPS) is 15.9. The largest absolute Gasteiger partial charge is 0.392 e. The first-order valence-corrected chi connectivity index (χ1v) is 13.2. The van der Waals surface area contributed by atoms with Gasteiger partial charge in [-0.05, 0) is 25.7 Å². The Kier molecular flexibility index (Phi) is 13.9. The van der Waals surface area contributed by atoms with Gasteiger partial charge in [-0.1, -0.05) is 51.2 Å². The Balaban J connectivity index is 2.42. The number of allylic oxidation sites excluding steroid dienone is 2. The molecule has 0 saturated heterocycles. The van der Waals surface area contributed by atoms with Crippen LogP contribution in [0.3, 0.4) is 0 Å². The lowest BCUT2D eigenvalue weighted by molar-refractivity contribution is -0.525. The minimum absolute atomic E-state index is 0.0454. The number of rotatable bonds is 18. The van der Waals surface area contributed by atoms with Crippen LogP contribution in [0.15, 0.2) is 12.2 Å². The number of hydrogen-bond donors (Lipinski definition) is 3. The molecule has 0 aliphatic carbocycles. The van der Waals surface area contributed by atoms with Gasteiger partial charge in [-0.3, -0.25) is 18.8 Å². The smallest absolute Gasteiger partial charge is 0.316 e. The molecule has 1 aliphatic rings.